The van der Waals surface area contributed by atoms with E-state index >= 15 is 0 Å². The lowest BCUT2D eigenvalue weighted by Gasteiger charge is -2.28. The van der Waals surface area contributed by atoms with Crippen LogP contribution in [0.1, 0.15) is 65.2 Å². The number of methoxy groups -OCH3 is 1. The molecule has 2 aromatic carbocycles. The van der Waals surface area contributed by atoms with Crippen molar-refractivity contribution in [1.82, 2.24) is 0 Å². The third-order valence-electron chi connectivity index (χ3n) is 5.28. The van der Waals surface area contributed by atoms with Gasteiger partial charge in [0, 0.05) is 17.7 Å². The Morgan fingerprint density at radius 3 is 2.00 bits per heavy atom. The molecule has 0 saturated heterocycles. The van der Waals surface area contributed by atoms with E-state index in [0.717, 1.165) is 6.07 Å². The van der Waals surface area contributed by atoms with Crippen molar-refractivity contribution in [3.63, 3.8) is 0 Å². The van der Waals surface area contributed by atoms with Crippen LogP contribution in [-0.2, 0) is 26.0 Å². The molecule has 2 aromatic rings. The minimum absolute atomic E-state index is 0.00368. The summed E-state index contributed by atoms with van der Waals surface area (Å²) in [5.41, 5.74) is -7.03. The van der Waals surface area contributed by atoms with Crippen molar-refractivity contribution in [1.29, 1.82) is 0 Å². The Bertz CT molecular complexity index is 1440. The number of carbonyl (C=O) groups is 2. The van der Waals surface area contributed by atoms with E-state index in [1.165, 1.54) is 25.3 Å². The zero-order valence-electron chi connectivity index (χ0n) is 23.9. The molecule has 0 fully saturated rings. The van der Waals surface area contributed by atoms with Crippen LogP contribution in [0.4, 0.5) is 22.8 Å². The summed E-state index contributed by atoms with van der Waals surface area (Å²) < 4.78 is 99.2. The fourth-order valence-corrected chi connectivity index (χ4v) is 4.15. The van der Waals surface area contributed by atoms with Gasteiger partial charge in [-0.15, -0.1) is 0 Å². The molecule has 3 rings (SSSR count). The lowest BCUT2D eigenvalue weighted by molar-refractivity contribution is -0.0500. The molecule has 1 atom stereocenters. The second kappa shape index (κ2) is 11.8. The molecule has 0 N–H and O–H groups in total. The molecule has 0 aliphatic carbocycles. The average Bonchev–Trinajstić information content (AvgIpc) is 2.80. The van der Waals surface area contributed by atoms with E-state index < -0.39 is 51.0 Å². The molecule has 0 unspecified atom stereocenters. The lowest BCUT2D eigenvalue weighted by Crippen LogP contribution is -2.29. The number of hydrogen-bond acceptors (Lipinski definition) is 11. The van der Waals surface area contributed by atoms with Gasteiger partial charge in [-0.05, 0) is 72.1 Å². The first-order valence-corrected chi connectivity index (χ1v) is 13.9. The first-order chi connectivity index (χ1) is 19.2. The van der Waals surface area contributed by atoms with E-state index in [4.69, 9.17) is 28.4 Å². The Labute approximate surface area is 240 Å². The first-order valence-electron chi connectivity index (χ1n) is 12.5. The van der Waals surface area contributed by atoms with E-state index in [2.05, 4.69) is 4.18 Å². The molecule has 0 bridgehead atoms. The molecule has 11 nitrogen and oxygen atoms in total. The van der Waals surface area contributed by atoms with E-state index in [0.29, 0.717) is 5.56 Å². The number of benzene rings is 2. The fraction of sp³-hybridized carbons (Fsp3) is 0.481. The predicted octanol–water partition coefficient (Wildman–Crippen LogP) is 6.62. The van der Waals surface area contributed by atoms with Crippen LogP contribution in [0.2, 0.25) is 0 Å². The van der Waals surface area contributed by atoms with Crippen LogP contribution in [0.3, 0.4) is 0 Å². The molecule has 232 valence electrons. The van der Waals surface area contributed by atoms with Crippen LogP contribution < -0.4 is 23.1 Å². The van der Waals surface area contributed by atoms with E-state index in [-0.39, 0.29) is 41.4 Å². The summed E-state index contributed by atoms with van der Waals surface area (Å²) in [5.74, 6) is -1.00. The van der Waals surface area contributed by atoms with Crippen LogP contribution in [0, 0.1) is 0 Å². The van der Waals surface area contributed by atoms with Crippen LogP contribution in [-0.4, -0.2) is 44.5 Å². The van der Waals surface area contributed by atoms with Crippen molar-refractivity contribution >= 4 is 22.4 Å². The molecule has 42 heavy (non-hydrogen) atoms. The van der Waals surface area contributed by atoms with E-state index in [1.807, 2.05) is 0 Å². The molecule has 0 spiro atoms. The summed E-state index contributed by atoms with van der Waals surface area (Å²) in [7, 11) is -4.70. The minimum Gasteiger partial charge on any atom is -0.493 e. The third kappa shape index (κ3) is 8.57. The number of hydrogen-bond donors (Lipinski definition) is 0. The molecule has 0 amide bonds. The standard InChI is InChI=1S/C27H31F3O11S/c1-25(2,3)39-23(31)36-16-13-20-17(21(14-16)41-42(33,34)27(28,29)30)9-11-18(37-20)15-8-10-19(35-7)22(12-15)38-24(32)40-26(4,5)6/h8,10,12-14,18H,9,11H2,1-7H3/t18-/m0/s1. The zero-order chi connectivity index (χ0) is 31.7. The third-order valence-corrected chi connectivity index (χ3v) is 6.25. The van der Waals surface area contributed by atoms with E-state index in [9.17, 15) is 31.2 Å². The smallest absolute Gasteiger partial charge is 0.493 e. The topological polar surface area (TPSA) is 133 Å². The van der Waals surface area contributed by atoms with Crippen molar-refractivity contribution in [2.75, 3.05) is 7.11 Å². The Kier molecular flexibility index (Phi) is 9.15. The minimum atomic E-state index is -6.06. The highest BCUT2D eigenvalue weighted by atomic mass is 32.2. The maximum absolute atomic E-state index is 13.1. The van der Waals surface area contributed by atoms with Gasteiger partial charge in [-0.2, -0.15) is 21.6 Å². The number of fused-ring (bicyclic) bond motifs is 1. The molecule has 1 aliphatic rings. The van der Waals surface area contributed by atoms with Crippen molar-refractivity contribution in [2.24, 2.45) is 0 Å². The summed E-state index contributed by atoms with van der Waals surface area (Å²) in [6, 6.07) is 6.62. The first kappa shape index (κ1) is 32.6. The van der Waals surface area contributed by atoms with Gasteiger partial charge in [-0.1, -0.05) is 6.07 Å². The van der Waals surface area contributed by atoms with E-state index in [1.54, 1.807) is 47.6 Å². The molecule has 1 aliphatic heterocycles. The Hall–Kier alpha value is -3.88. The Morgan fingerprint density at radius 1 is 0.857 bits per heavy atom. The van der Waals surface area contributed by atoms with Gasteiger partial charge in [0.15, 0.2) is 17.2 Å². The summed E-state index contributed by atoms with van der Waals surface area (Å²) in [5, 5.41) is 0. The largest absolute Gasteiger partial charge is 0.534 e. The van der Waals surface area contributed by atoms with Crippen LogP contribution in [0.5, 0.6) is 28.7 Å². The summed E-state index contributed by atoms with van der Waals surface area (Å²) >= 11 is 0. The monoisotopic (exact) mass is 620 g/mol. The van der Waals surface area contributed by atoms with Gasteiger partial charge in [0.2, 0.25) is 0 Å². The number of carbonyl (C=O) groups excluding carboxylic acids is 2. The highest BCUT2D eigenvalue weighted by Gasteiger charge is 2.49. The quantitative estimate of drug-likeness (QED) is 0.149. The molecule has 0 radical (unpaired) electrons. The van der Waals surface area contributed by atoms with Crippen molar-refractivity contribution in [3.05, 3.63) is 41.5 Å². The van der Waals surface area contributed by atoms with Gasteiger partial charge < -0.3 is 32.6 Å². The maximum Gasteiger partial charge on any atom is 0.534 e. The van der Waals surface area contributed by atoms with Gasteiger partial charge in [0.1, 0.15) is 28.8 Å². The number of halogens is 3. The lowest BCUT2D eigenvalue weighted by atomic mass is 9.96. The highest BCUT2D eigenvalue weighted by Crippen LogP contribution is 2.45. The Morgan fingerprint density at radius 2 is 1.45 bits per heavy atom. The van der Waals surface area contributed by atoms with Gasteiger partial charge in [-0.3, -0.25) is 0 Å². The van der Waals surface area contributed by atoms with Crippen LogP contribution in [0.15, 0.2) is 30.3 Å². The van der Waals surface area contributed by atoms with Crippen LogP contribution in [0.25, 0.3) is 0 Å². The SMILES string of the molecule is COc1ccc([C@@H]2CCc3c(cc(OC(=O)OC(C)(C)C)cc3OS(=O)(=O)C(F)(F)F)O2)cc1OC(=O)OC(C)(C)C. The van der Waals surface area contributed by atoms with Gasteiger partial charge >= 0.3 is 27.9 Å². The molecule has 0 saturated carbocycles. The average molecular weight is 621 g/mol. The Balaban J connectivity index is 1.98. The normalized spacial score (nSPS) is 15.5. The second-order valence-corrected chi connectivity index (χ2v) is 12.6. The predicted molar refractivity (Wildman–Crippen MR) is 140 cm³/mol. The molecule has 15 heteroatoms. The number of alkyl halides is 3. The summed E-state index contributed by atoms with van der Waals surface area (Å²) in [6.07, 6.45) is -2.78. The summed E-state index contributed by atoms with van der Waals surface area (Å²) in [6.45, 7) is 9.68. The molecular weight excluding hydrogens is 589 g/mol. The molecular formula is C27H31F3O11S. The van der Waals surface area contributed by atoms with Crippen LogP contribution >= 0.6 is 0 Å². The number of ether oxygens (including phenoxy) is 6. The number of rotatable bonds is 6. The maximum atomic E-state index is 13.1. The molecule has 1 heterocycles. The van der Waals surface area contributed by atoms with Gasteiger partial charge in [0.25, 0.3) is 0 Å². The van der Waals surface area contributed by atoms with Crippen molar-refractivity contribution in [2.45, 2.75) is 77.2 Å². The van der Waals surface area contributed by atoms with Gasteiger partial charge in [0.05, 0.1) is 7.11 Å². The second-order valence-electron chi connectivity index (χ2n) is 11.1. The summed E-state index contributed by atoms with van der Waals surface area (Å²) in [4.78, 5) is 24.5. The van der Waals surface area contributed by atoms with Crippen molar-refractivity contribution in [3.8, 4) is 28.7 Å². The zero-order valence-corrected chi connectivity index (χ0v) is 24.7. The highest BCUT2D eigenvalue weighted by molar-refractivity contribution is 7.88. The van der Waals surface area contributed by atoms with Gasteiger partial charge in [-0.25, -0.2) is 9.59 Å². The molecule has 0 aromatic heterocycles. The van der Waals surface area contributed by atoms with Crippen molar-refractivity contribution < 1.29 is 63.8 Å². The fourth-order valence-electron chi connectivity index (χ4n) is 3.67.